The highest BCUT2D eigenvalue weighted by Gasteiger charge is 2.24. The number of hydrogen-bond acceptors (Lipinski definition) is 2. The molecule has 0 spiro atoms. The van der Waals surface area contributed by atoms with Crippen LogP contribution in [0.25, 0.3) is 10.9 Å². The first-order valence-corrected chi connectivity index (χ1v) is 8.64. The van der Waals surface area contributed by atoms with Crippen LogP contribution in [-0.4, -0.2) is 11.0 Å². The molecular formula is C18H23BrN2. The first kappa shape index (κ1) is 14.8. The van der Waals surface area contributed by atoms with Crippen molar-refractivity contribution in [1.29, 1.82) is 0 Å². The summed E-state index contributed by atoms with van der Waals surface area (Å²) >= 11 is 3.50. The van der Waals surface area contributed by atoms with Gasteiger partial charge in [-0.15, -0.1) is 0 Å². The van der Waals surface area contributed by atoms with E-state index in [1.165, 1.54) is 43.2 Å². The Morgan fingerprint density at radius 1 is 1.24 bits per heavy atom. The van der Waals surface area contributed by atoms with Crippen molar-refractivity contribution in [1.82, 2.24) is 4.98 Å². The Bertz CT molecular complexity index is 636. The molecule has 1 aliphatic rings. The number of halogens is 1. The second-order valence-corrected chi connectivity index (χ2v) is 7.88. The summed E-state index contributed by atoms with van der Waals surface area (Å²) in [4.78, 5) is 4.59. The summed E-state index contributed by atoms with van der Waals surface area (Å²) in [6.07, 6.45) is 8.34. The van der Waals surface area contributed by atoms with Crippen LogP contribution in [0.2, 0.25) is 0 Å². The molecule has 21 heavy (non-hydrogen) atoms. The fourth-order valence-corrected chi connectivity index (χ4v) is 3.63. The Kier molecular flexibility index (Phi) is 4.21. The highest BCUT2D eigenvalue weighted by molar-refractivity contribution is 9.10. The number of aromatic nitrogens is 1. The van der Waals surface area contributed by atoms with E-state index < -0.39 is 0 Å². The maximum atomic E-state index is 4.59. The van der Waals surface area contributed by atoms with Gasteiger partial charge in [0.05, 0.1) is 11.2 Å². The van der Waals surface area contributed by atoms with E-state index >= 15 is 0 Å². The second kappa shape index (κ2) is 5.96. The van der Waals surface area contributed by atoms with E-state index in [0.717, 1.165) is 9.99 Å². The zero-order chi connectivity index (χ0) is 14.9. The molecule has 2 nitrogen and oxygen atoms in total. The number of nitrogens with one attached hydrogen (secondary N) is 1. The van der Waals surface area contributed by atoms with Crippen LogP contribution < -0.4 is 5.32 Å². The number of anilines is 1. The maximum absolute atomic E-state index is 4.59. The Balaban J connectivity index is 1.82. The lowest BCUT2D eigenvalue weighted by Gasteiger charge is -2.22. The van der Waals surface area contributed by atoms with Gasteiger partial charge in [0.1, 0.15) is 0 Å². The van der Waals surface area contributed by atoms with Gasteiger partial charge in [-0.25, -0.2) is 0 Å². The molecule has 1 saturated carbocycles. The summed E-state index contributed by atoms with van der Waals surface area (Å²) in [6.45, 7) is 4.79. The number of fused-ring (bicyclic) bond motifs is 1. The van der Waals surface area contributed by atoms with Crippen molar-refractivity contribution >= 4 is 32.5 Å². The molecule has 2 aromatic rings. The van der Waals surface area contributed by atoms with Crippen LogP contribution in [0.1, 0.15) is 46.0 Å². The second-order valence-electron chi connectivity index (χ2n) is 6.97. The number of nitrogens with zero attached hydrogens (tertiary/aromatic N) is 1. The number of pyridine rings is 1. The van der Waals surface area contributed by atoms with Crippen molar-refractivity contribution in [3.05, 3.63) is 34.9 Å². The summed E-state index contributed by atoms with van der Waals surface area (Å²) in [6, 6.07) is 9.08. The predicted molar refractivity (Wildman–Crippen MR) is 93.7 cm³/mol. The normalized spacial score (nSPS) is 22.0. The zero-order valence-electron chi connectivity index (χ0n) is 12.8. The van der Waals surface area contributed by atoms with Crippen LogP contribution >= 0.6 is 15.9 Å². The zero-order valence-corrected chi connectivity index (χ0v) is 14.4. The van der Waals surface area contributed by atoms with Crippen LogP contribution in [0.15, 0.2) is 34.9 Å². The third kappa shape index (κ3) is 3.57. The van der Waals surface area contributed by atoms with E-state index in [1.807, 2.05) is 6.20 Å². The van der Waals surface area contributed by atoms with Crippen molar-refractivity contribution in [3.63, 3.8) is 0 Å². The Hall–Kier alpha value is -1.09. The highest BCUT2D eigenvalue weighted by Crippen LogP contribution is 2.35. The van der Waals surface area contributed by atoms with Gasteiger partial charge in [-0.3, -0.25) is 4.98 Å². The van der Waals surface area contributed by atoms with Gasteiger partial charge >= 0.3 is 0 Å². The van der Waals surface area contributed by atoms with Gasteiger partial charge in [-0.05, 0) is 59.2 Å². The fraction of sp³-hybridized carbons (Fsp3) is 0.500. The quantitative estimate of drug-likeness (QED) is 0.698. The SMILES string of the molecule is CC1(C)CCCC(Nc2cccc3cc(Br)cnc23)CC1. The minimum absolute atomic E-state index is 0.498. The van der Waals surface area contributed by atoms with Crippen molar-refractivity contribution < 1.29 is 0 Å². The average molecular weight is 347 g/mol. The number of hydrogen-bond donors (Lipinski definition) is 1. The van der Waals surface area contributed by atoms with Gasteiger partial charge < -0.3 is 5.32 Å². The number of benzene rings is 1. The van der Waals surface area contributed by atoms with Crippen LogP contribution in [-0.2, 0) is 0 Å². The van der Waals surface area contributed by atoms with Crippen LogP contribution in [0, 0.1) is 5.41 Å². The van der Waals surface area contributed by atoms with E-state index in [1.54, 1.807) is 0 Å². The van der Waals surface area contributed by atoms with E-state index in [2.05, 4.69) is 64.3 Å². The number of rotatable bonds is 2. The van der Waals surface area contributed by atoms with E-state index in [-0.39, 0.29) is 0 Å². The lowest BCUT2D eigenvalue weighted by molar-refractivity contribution is 0.313. The molecule has 1 heterocycles. The molecule has 1 aromatic heterocycles. The highest BCUT2D eigenvalue weighted by atomic mass is 79.9. The third-order valence-corrected chi connectivity index (χ3v) is 5.05. The molecule has 1 fully saturated rings. The topological polar surface area (TPSA) is 24.9 Å². The molecule has 3 heteroatoms. The first-order chi connectivity index (χ1) is 10.0. The summed E-state index contributed by atoms with van der Waals surface area (Å²) in [7, 11) is 0. The van der Waals surface area contributed by atoms with Crippen molar-refractivity contribution in [2.75, 3.05) is 5.32 Å². The van der Waals surface area contributed by atoms with Gasteiger partial charge in [0.2, 0.25) is 0 Å². The van der Waals surface area contributed by atoms with E-state index in [4.69, 9.17) is 0 Å². The largest absolute Gasteiger partial charge is 0.381 e. The molecule has 112 valence electrons. The smallest absolute Gasteiger partial charge is 0.0934 e. The molecule has 1 aliphatic carbocycles. The van der Waals surface area contributed by atoms with Gasteiger partial charge in [0.15, 0.2) is 0 Å². The van der Waals surface area contributed by atoms with Crippen molar-refractivity contribution in [2.45, 2.75) is 52.0 Å². The number of para-hydroxylation sites is 1. The Morgan fingerprint density at radius 2 is 2.10 bits per heavy atom. The lowest BCUT2D eigenvalue weighted by Crippen LogP contribution is -2.19. The molecule has 0 aliphatic heterocycles. The van der Waals surface area contributed by atoms with Crippen molar-refractivity contribution in [3.8, 4) is 0 Å². The van der Waals surface area contributed by atoms with Gasteiger partial charge in [-0.1, -0.05) is 32.4 Å². The molecule has 0 bridgehead atoms. The minimum Gasteiger partial charge on any atom is -0.381 e. The Morgan fingerprint density at radius 3 is 2.95 bits per heavy atom. The third-order valence-electron chi connectivity index (χ3n) is 4.61. The van der Waals surface area contributed by atoms with Gasteiger partial charge in [-0.2, -0.15) is 0 Å². The summed E-state index contributed by atoms with van der Waals surface area (Å²) in [5.74, 6) is 0. The molecule has 0 saturated heterocycles. The van der Waals surface area contributed by atoms with Gasteiger partial charge in [0.25, 0.3) is 0 Å². The fourth-order valence-electron chi connectivity index (χ4n) is 3.28. The molecule has 0 radical (unpaired) electrons. The molecule has 0 amide bonds. The van der Waals surface area contributed by atoms with Crippen LogP contribution in [0.5, 0.6) is 0 Å². The molecule has 1 unspecified atom stereocenters. The summed E-state index contributed by atoms with van der Waals surface area (Å²) in [5, 5.41) is 4.93. The monoisotopic (exact) mass is 346 g/mol. The van der Waals surface area contributed by atoms with Crippen molar-refractivity contribution in [2.24, 2.45) is 5.41 Å². The first-order valence-electron chi connectivity index (χ1n) is 7.84. The summed E-state index contributed by atoms with van der Waals surface area (Å²) < 4.78 is 1.03. The summed E-state index contributed by atoms with van der Waals surface area (Å²) in [5.41, 5.74) is 2.74. The lowest BCUT2D eigenvalue weighted by atomic mass is 9.85. The predicted octanol–water partition coefficient (Wildman–Crippen LogP) is 5.77. The molecule has 1 N–H and O–H groups in total. The molecule has 3 rings (SSSR count). The Labute approximate surface area is 135 Å². The average Bonchev–Trinajstić information content (AvgIpc) is 2.60. The van der Waals surface area contributed by atoms with Gasteiger partial charge in [0, 0.05) is 22.1 Å². The standard InChI is InChI=1S/C18H23BrN2/c1-18(2)9-4-6-15(8-10-18)21-16-7-3-5-13-11-14(19)12-20-17(13)16/h3,5,7,11-12,15,21H,4,6,8-10H2,1-2H3. The van der Waals surface area contributed by atoms with E-state index in [0.29, 0.717) is 11.5 Å². The maximum Gasteiger partial charge on any atom is 0.0934 e. The van der Waals surface area contributed by atoms with Crippen LogP contribution in [0.4, 0.5) is 5.69 Å². The molecule has 1 atom stereocenters. The van der Waals surface area contributed by atoms with E-state index in [9.17, 15) is 0 Å². The molecule has 1 aromatic carbocycles. The minimum atomic E-state index is 0.498. The molecular weight excluding hydrogens is 324 g/mol. The van der Waals surface area contributed by atoms with Crippen LogP contribution in [0.3, 0.4) is 0 Å².